The van der Waals surface area contributed by atoms with Gasteiger partial charge in [-0.2, -0.15) is 0 Å². The molecule has 1 rings (SSSR count). The first-order chi connectivity index (χ1) is 7.77. The van der Waals surface area contributed by atoms with E-state index in [2.05, 4.69) is 26.1 Å². The normalized spacial score (nSPS) is 10.4. The highest BCUT2D eigenvalue weighted by molar-refractivity contribution is 5.86. The SMILES string of the molecule is C/C=C/CCNc1cnc(C(=O)OC)cn1. The summed E-state index contributed by atoms with van der Waals surface area (Å²) in [5.74, 6) is 0.171. The van der Waals surface area contributed by atoms with Crippen LogP contribution in [-0.4, -0.2) is 29.6 Å². The van der Waals surface area contributed by atoms with E-state index in [9.17, 15) is 4.79 Å². The van der Waals surface area contributed by atoms with Crippen molar-refractivity contribution in [3.05, 3.63) is 30.2 Å². The van der Waals surface area contributed by atoms with Crippen molar-refractivity contribution in [2.24, 2.45) is 0 Å². The van der Waals surface area contributed by atoms with Gasteiger partial charge in [-0.15, -0.1) is 0 Å². The standard InChI is InChI=1S/C11H15N3O2/c1-3-4-5-6-12-10-8-13-9(7-14-10)11(15)16-2/h3-4,7-8H,5-6H2,1-2H3,(H,12,14)/b4-3+. The van der Waals surface area contributed by atoms with E-state index in [1.807, 2.05) is 13.0 Å². The quantitative estimate of drug-likeness (QED) is 0.465. The van der Waals surface area contributed by atoms with Gasteiger partial charge in [0.2, 0.25) is 0 Å². The fraction of sp³-hybridized carbons (Fsp3) is 0.364. The highest BCUT2D eigenvalue weighted by Crippen LogP contribution is 2.02. The molecule has 0 aromatic carbocycles. The molecule has 0 radical (unpaired) electrons. The summed E-state index contributed by atoms with van der Waals surface area (Å²) in [5.41, 5.74) is 0.210. The van der Waals surface area contributed by atoms with E-state index in [1.54, 1.807) is 0 Å². The van der Waals surface area contributed by atoms with Gasteiger partial charge >= 0.3 is 5.97 Å². The molecule has 1 heterocycles. The Morgan fingerprint density at radius 2 is 2.31 bits per heavy atom. The fourth-order valence-corrected chi connectivity index (χ4v) is 1.08. The van der Waals surface area contributed by atoms with Crippen LogP contribution in [0.3, 0.4) is 0 Å². The lowest BCUT2D eigenvalue weighted by atomic mass is 10.4. The van der Waals surface area contributed by atoms with E-state index < -0.39 is 5.97 Å². The number of hydrogen-bond acceptors (Lipinski definition) is 5. The number of hydrogen-bond donors (Lipinski definition) is 1. The Bertz CT molecular complexity index is 360. The molecule has 0 saturated heterocycles. The van der Waals surface area contributed by atoms with Crippen LogP contribution in [0.15, 0.2) is 24.5 Å². The molecule has 0 aliphatic rings. The summed E-state index contributed by atoms with van der Waals surface area (Å²) in [5, 5.41) is 3.09. The third kappa shape index (κ3) is 3.68. The number of aromatic nitrogens is 2. The molecule has 0 fully saturated rings. The van der Waals surface area contributed by atoms with Crippen molar-refractivity contribution >= 4 is 11.8 Å². The van der Waals surface area contributed by atoms with Gasteiger partial charge in [0.1, 0.15) is 5.82 Å². The van der Waals surface area contributed by atoms with Gasteiger partial charge in [0, 0.05) is 6.54 Å². The van der Waals surface area contributed by atoms with Gasteiger partial charge < -0.3 is 10.1 Å². The van der Waals surface area contributed by atoms with E-state index in [-0.39, 0.29) is 5.69 Å². The molecule has 0 unspecified atom stereocenters. The van der Waals surface area contributed by atoms with Crippen LogP contribution in [0.1, 0.15) is 23.8 Å². The van der Waals surface area contributed by atoms with Crippen molar-refractivity contribution in [2.75, 3.05) is 19.0 Å². The third-order valence-corrected chi connectivity index (χ3v) is 1.90. The second kappa shape index (κ2) is 6.55. The number of rotatable bonds is 5. The average molecular weight is 221 g/mol. The summed E-state index contributed by atoms with van der Waals surface area (Å²) < 4.78 is 4.52. The zero-order valence-electron chi connectivity index (χ0n) is 9.43. The highest BCUT2D eigenvalue weighted by Gasteiger charge is 2.06. The number of allylic oxidation sites excluding steroid dienone is 1. The number of carbonyl (C=O) groups excluding carboxylic acids is 1. The van der Waals surface area contributed by atoms with Crippen molar-refractivity contribution in [2.45, 2.75) is 13.3 Å². The van der Waals surface area contributed by atoms with E-state index in [4.69, 9.17) is 0 Å². The molecule has 0 atom stereocenters. The lowest BCUT2D eigenvalue weighted by Crippen LogP contribution is -2.07. The van der Waals surface area contributed by atoms with Crippen LogP contribution in [0.5, 0.6) is 0 Å². The number of ether oxygens (including phenoxy) is 1. The van der Waals surface area contributed by atoms with Crippen LogP contribution >= 0.6 is 0 Å². The molecule has 1 N–H and O–H groups in total. The van der Waals surface area contributed by atoms with Gasteiger partial charge in [-0.3, -0.25) is 0 Å². The Morgan fingerprint density at radius 1 is 1.50 bits per heavy atom. The smallest absolute Gasteiger partial charge is 0.358 e. The molecule has 86 valence electrons. The summed E-state index contributed by atoms with van der Waals surface area (Å²) in [6, 6.07) is 0. The number of anilines is 1. The minimum Gasteiger partial charge on any atom is -0.464 e. The Balaban J connectivity index is 2.48. The van der Waals surface area contributed by atoms with Gasteiger partial charge in [0.15, 0.2) is 5.69 Å². The Morgan fingerprint density at radius 3 is 2.88 bits per heavy atom. The monoisotopic (exact) mass is 221 g/mol. The summed E-state index contributed by atoms with van der Waals surface area (Å²) in [6.45, 7) is 2.77. The van der Waals surface area contributed by atoms with E-state index in [0.29, 0.717) is 5.82 Å². The minimum atomic E-state index is -0.479. The second-order valence-corrected chi connectivity index (χ2v) is 3.06. The van der Waals surface area contributed by atoms with E-state index >= 15 is 0 Å². The van der Waals surface area contributed by atoms with Crippen molar-refractivity contribution in [1.82, 2.24) is 9.97 Å². The fourth-order valence-electron chi connectivity index (χ4n) is 1.08. The number of carbonyl (C=O) groups is 1. The van der Waals surface area contributed by atoms with Crippen LogP contribution in [0.4, 0.5) is 5.82 Å². The van der Waals surface area contributed by atoms with Crippen LogP contribution in [0.2, 0.25) is 0 Å². The highest BCUT2D eigenvalue weighted by atomic mass is 16.5. The minimum absolute atomic E-state index is 0.210. The number of methoxy groups -OCH3 is 1. The molecule has 0 aliphatic heterocycles. The average Bonchev–Trinajstić information content (AvgIpc) is 2.34. The van der Waals surface area contributed by atoms with Gasteiger partial charge in [0.25, 0.3) is 0 Å². The first-order valence-corrected chi connectivity index (χ1v) is 5.03. The molecular weight excluding hydrogens is 206 g/mol. The maximum Gasteiger partial charge on any atom is 0.358 e. The molecule has 0 saturated carbocycles. The molecule has 1 aromatic heterocycles. The molecule has 0 amide bonds. The maximum absolute atomic E-state index is 11.1. The van der Waals surface area contributed by atoms with Crippen LogP contribution in [0.25, 0.3) is 0 Å². The lowest BCUT2D eigenvalue weighted by Gasteiger charge is -2.03. The predicted molar refractivity (Wildman–Crippen MR) is 61.3 cm³/mol. The molecule has 1 aromatic rings. The molecule has 5 heteroatoms. The molecule has 0 aliphatic carbocycles. The third-order valence-electron chi connectivity index (χ3n) is 1.90. The summed E-state index contributed by atoms with van der Waals surface area (Å²) in [6.07, 6.45) is 7.89. The van der Waals surface area contributed by atoms with Crippen molar-refractivity contribution < 1.29 is 9.53 Å². The van der Waals surface area contributed by atoms with Crippen molar-refractivity contribution in [1.29, 1.82) is 0 Å². The number of nitrogens with one attached hydrogen (secondary N) is 1. The second-order valence-electron chi connectivity index (χ2n) is 3.06. The number of esters is 1. The Hall–Kier alpha value is -1.91. The zero-order chi connectivity index (χ0) is 11.8. The predicted octanol–water partition coefficient (Wildman–Crippen LogP) is 1.64. The Labute approximate surface area is 94.6 Å². The topological polar surface area (TPSA) is 64.1 Å². The largest absolute Gasteiger partial charge is 0.464 e. The molecular formula is C11H15N3O2. The van der Waals surface area contributed by atoms with E-state index in [0.717, 1.165) is 13.0 Å². The molecule has 0 bridgehead atoms. The first kappa shape index (κ1) is 12.2. The van der Waals surface area contributed by atoms with Gasteiger partial charge in [-0.05, 0) is 13.3 Å². The van der Waals surface area contributed by atoms with Crippen LogP contribution < -0.4 is 5.32 Å². The van der Waals surface area contributed by atoms with Crippen molar-refractivity contribution in [3.63, 3.8) is 0 Å². The summed E-state index contributed by atoms with van der Waals surface area (Å²) in [4.78, 5) is 19.0. The van der Waals surface area contributed by atoms with Gasteiger partial charge in [0.05, 0.1) is 19.5 Å². The molecule has 16 heavy (non-hydrogen) atoms. The number of nitrogens with zero attached hydrogens (tertiary/aromatic N) is 2. The first-order valence-electron chi connectivity index (χ1n) is 5.03. The van der Waals surface area contributed by atoms with Crippen LogP contribution in [-0.2, 0) is 4.74 Å². The summed E-state index contributed by atoms with van der Waals surface area (Å²) >= 11 is 0. The lowest BCUT2D eigenvalue weighted by molar-refractivity contribution is 0.0593. The van der Waals surface area contributed by atoms with E-state index in [1.165, 1.54) is 19.5 Å². The van der Waals surface area contributed by atoms with Crippen molar-refractivity contribution in [3.8, 4) is 0 Å². The van der Waals surface area contributed by atoms with Gasteiger partial charge in [-0.1, -0.05) is 12.2 Å². The van der Waals surface area contributed by atoms with Gasteiger partial charge in [-0.25, -0.2) is 14.8 Å². The molecule has 5 nitrogen and oxygen atoms in total. The Kier molecular flexibility index (Phi) is 4.98. The summed E-state index contributed by atoms with van der Waals surface area (Å²) in [7, 11) is 1.31. The maximum atomic E-state index is 11.1. The van der Waals surface area contributed by atoms with Crippen LogP contribution in [0, 0.1) is 0 Å². The zero-order valence-corrected chi connectivity index (χ0v) is 9.43. The molecule has 0 spiro atoms.